The van der Waals surface area contributed by atoms with E-state index in [1.54, 1.807) is 0 Å². The molecule has 1 aliphatic carbocycles. The highest BCUT2D eigenvalue weighted by Gasteiger charge is 2.24. The van der Waals surface area contributed by atoms with Crippen LogP contribution in [0.2, 0.25) is 5.02 Å². The Hall–Kier alpha value is -1.65. The predicted molar refractivity (Wildman–Crippen MR) is 111 cm³/mol. The third-order valence-corrected chi connectivity index (χ3v) is 5.56. The number of nitrogens with one attached hydrogen (secondary N) is 1. The van der Waals surface area contributed by atoms with Crippen molar-refractivity contribution in [1.29, 1.82) is 0 Å². The van der Waals surface area contributed by atoms with Gasteiger partial charge in [0.25, 0.3) is 0 Å². The van der Waals surface area contributed by atoms with Gasteiger partial charge in [-0.15, -0.1) is 0 Å². The monoisotopic (exact) mass is 390 g/mol. The van der Waals surface area contributed by atoms with Crippen molar-refractivity contribution in [3.63, 3.8) is 0 Å². The molecule has 138 valence electrons. The number of hydrogen-bond acceptors (Lipinski definition) is 1. The average molecular weight is 391 g/mol. The molecule has 2 aromatic carbocycles. The molecule has 1 fully saturated rings. The quantitative estimate of drug-likeness (QED) is 0.615. The Balaban J connectivity index is 1.80. The van der Waals surface area contributed by atoms with Crippen LogP contribution >= 0.6 is 23.8 Å². The number of thiocarbonyl (C=S) groups is 1. The normalized spacial score (nSPS) is 14.9. The van der Waals surface area contributed by atoms with E-state index >= 15 is 0 Å². The van der Waals surface area contributed by atoms with Gasteiger partial charge in [-0.05, 0) is 67.4 Å². The van der Waals surface area contributed by atoms with Crippen molar-refractivity contribution in [2.75, 3.05) is 5.32 Å². The lowest BCUT2D eigenvalue weighted by Crippen LogP contribution is -2.43. The highest BCUT2D eigenvalue weighted by molar-refractivity contribution is 7.80. The van der Waals surface area contributed by atoms with Gasteiger partial charge in [0.2, 0.25) is 0 Å². The molecular weight excluding hydrogens is 367 g/mol. The molecule has 0 aliphatic heterocycles. The standard InChI is InChI=1S/C21H24ClFN2S/c1-15-7-10-17(22)13-20(15)24-21(26)25(19-5-3-2-4-6-19)14-16-8-11-18(23)12-9-16/h7-13,19H,2-6,14H2,1H3,(H,24,26). The molecule has 0 spiro atoms. The highest BCUT2D eigenvalue weighted by atomic mass is 35.5. The maximum absolute atomic E-state index is 13.2. The first-order chi connectivity index (χ1) is 12.5. The van der Waals surface area contributed by atoms with E-state index in [4.69, 9.17) is 23.8 Å². The van der Waals surface area contributed by atoms with Gasteiger partial charge in [0.05, 0.1) is 0 Å². The molecule has 1 aliphatic rings. The molecule has 2 aromatic rings. The van der Waals surface area contributed by atoms with Crippen LogP contribution in [0.5, 0.6) is 0 Å². The van der Waals surface area contributed by atoms with Gasteiger partial charge in [0, 0.05) is 23.3 Å². The zero-order valence-electron chi connectivity index (χ0n) is 15.0. The summed E-state index contributed by atoms with van der Waals surface area (Å²) in [5.74, 6) is -0.215. The molecule has 2 nitrogen and oxygen atoms in total. The summed E-state index contributed by atoms with van der Waals surface area (Å²) in [6.45, 7) is 2.71. The predicted octanol–water partition coefficient (Wildman–Crippen LogP) is 6.32. The molecule has 0 bridgehead atoms. The number of rotatable bonds is 4. The largest absolute Gasteiger partial charge is 0.342 e. The Bertz CT molecular complexity index is 757. The first-order valence-electron chi connectivity index (χ1n) is 9.11. The fourth-order valence-corrected chi connectivity index (χ4v) is 3.96. The minimum Gasteiger partial charge on any atom is -0.342 e. The van der Waals surface area contributed by atoms with E-state index in [1.807, 2.05) is 37.3 Å². The van der Waals surface area contributed by atoms with Gasteiger partial charge < -0.3 is 10.2 Å². The van der Waals surface area contributed by atoms with Crippen LogP contribution in [0.15, 0.2) is 42.5 Å². The summed E-state index contributed by atoms with van der Waals surface area (Å²) in [6, 6.07) is 12.9. The number of aryl methyl sites for hydroxylation is 1. The van der Waals surface area contributed by atoms with Crippen LogP contribution in [0.4, 0.5) is 10.1 Å². The third-order valence-electron chi connectivity index (χ3n) is 4.98. The Morgan fingerprint density at radius 1 is 1.15 bits per heavy atom. The van der Waals surface area contributed by atoms with Crippen molar-refractivity contribution >= 4 is 34.6 Å². The summed E-state index contributed by atoms with van der Waals surface area (Å²) in [5, 5.41) is 4.76. The van der Waals surface area contributed by atoms with Gasteiger partial charge in [-0.25, -0.2) is 4.39 Å². The van der Waals surface area contributed by atoms with Crippen LogP contribution in [0.25, 0.3) is 0 Å². The van der Waals surface area contributed by atoms with Gasteiger partial charge in [-0.1, -0.05) is 49.1 Å². The van der Waals surface area contributed by atoms with Crippen molar-refractivity contribution in [3.05, 3.63) is 64.4 Å². The second-order valence-electron chi connectivity index (χ2n) is 6.94. The summed E-state index contributed by atoms with van der Waals surface area (Å²) in [6.07, 6.45) is 6.01. The average Bonchev–Trinajstić information content (AvgIpc) is 2.65. The van der Waals surface area contributed by atoms with Crippen molar-refractivity contribution in [2.24, 2.45) is 0 Å². The second kappa shape index (κ2) is 8.83. The zero-order valence-corrected chi connectivity index (χ0v) is 16.5. The molecule has 1 N–H and O–H groups in total. The van der Waals surface area contributed by atoms with Crippen LogP contribution in [0, 0.1) is 12.7 Å². The van der Waals surface area contributed by atoms with Crippen LogP contribution in [0.1, 0.15) is 43.2 Å². The molecule has 26 heavy (non-hydrogen) atoms. The lowest BCUT2D eigenvalue weighted by Gasteiger charge is -2.36. The van der Waals surface area contributed by atoms with Gasteiger partial charge >= 0.3 is 0 Å². The SMILES string of the molecule is Cc1ccc(Cl)cc1NC(=S)N(Cc1ccc(F)cc1)C1CCCCC1. The minimum absolute atomic E-state index is 0.215. The lowest BCUT2D eigenvalue weighted by atomic mass is 9.94. The van der Waals surface area contributed by atoms with Crippen molar-refractivity contribution in [2.45, 2.75) is 51.6 Å². The molecule has 3 rings (SSSR count). The molecule has 5 heteroatoms. The number of benzene rings is 2. The Labute approximate surface area is 165 Å². The topological polar surface area (TPSA) is 15.3 Å². The molecule has 0 amide bonds. The molecule has 1 saturated carbocycles. The van der Waals surface area contributed by atoms with E-state index in [0.29, 0.717) is 22.7 Å². The van der Waals surface area contributed by atoms with E-state index in [1.165, 1.54) is 31.4 Å². The molecule has 0 saturated heterocycles. The molecular formula is C21H24ClFN2S. The molecule has 0 aromatic heterocycles. The maximum Gasteiger partial charge on any atom is 0.173 e. The summed E-state index contributed by atoms with van der Waals surface area (Å²) >= 11 is 11.9. The van der Waals surface area contributed by atoms with E-state index in [0.717, 1.165) is 29.7 Å². The van der Waals surface area contributed by atoms with E-state index in [9.17, 15) is 4.39 Å². The fraction of sp³-hybridized carbons (Fsp3) is 0.381. The number of hydrogen-bond donors (Lipinski definition) is 1. The van der Waals surface area contributed by atoms with Gasteiger partial charge in [-0.3, -0.25) is 0 Å². The molecule has 0 unspecified atom stereocenters. The summed E-state index contributed by atoms with van der Waals surface area (Å²) in [7, 11) is 0. The highest BCUT2D eigenvalue weighted by Crippen LogP contribution is 2.26. The fourth-order valence-electron chi connectivity index (χ4n) is 3.46. The number of nitrogens with zero attached hydrogens (tertiary/aromatic N) is 1. The van der Waals surface area contributed by atoms with Crippen molar-refractivity contribution < 1.29 is 4.39 Å². The Kier molecular flexibility index (Phi) is 6.49. The van der Waals surface area contributed by atoms with E-state index in [-0.39, 0.29) is 5.82 Å². The van der Waals surface area contributed by atoms with Gasteiger partial charge in [0.1, 0.15) is 5.82 Å². The van der Waals surface area contributed by atoms with Gasteiger partial charge in [0.15, 0.2) is 5.11 Å². The Morgan fingerprint density at radius 3 is 2.54 bits per heavy atom. The lowest BCUT2D eigenvalue weighted by molar-refractivity contribution is 0.240. The van der Waals surface area contributed by atoms with Crippen LogP contribution in [0.3, 0.4) is 0 Å². The number of anilines is 1. The van der Waals surface area contributed by atoms with Gasteiger partial charge in [-0.2, -0.15) is 0 Å². The molecule has 0 atom stereocenters. The molecule has 0 heterocycles. The number of halogens is 2. The van der Waals surface area contributed by atoms with Crippen molar-refractivity contribution in [1.82, 2.24) is 4.90 Å². The Morgan fingerprint density at radius 2 is 1.85 bits per heavy atom. The van der Waals surface area contributed by atoms with Crippen LogP contribution in [-0.4, -0.2) is 16.1 Å². The summed E-state index contributed by atoms with van der Waals surface area (Å²) < 4.78 is 13.2. The molecule has 0 radical (unpaired) electrons. The summed E-state index contributed by atoms with van der Waals surface area (Å²) in [4.78, 5) is 2.25. The second-order valence-corrected chi connectivity index (χ2v) is 7.76. The van der Waals surface area contributed by atoms with Crippen LogP contribution in [-0.2, 0) is 6.54 Å². The first kappa shape index (κ1) is 19.1. The summed E-state index contributed by atoms with van der Waals surface area (Å²) in [5.41, 5.74) is 3.09. The zero-order chi connectivity index (χ0) is 18.5. The maximum atomic E-state index is 13.2. The first-order valence-corrected chi connectivity index (χ1v) is 9.90. The van der Waals surface area contributed by atoms with Crippen LogP contribution < -0.4 is 5.32 Å². The van der Waals surface area contributed by atoms with E-state index < -0.39 is 0 Å². The third kappa shape index (κ3) is 4.95. The minimum atomic E-state index is -0.215. The smallest absolute Gasteiger partial charge is 0.173 e. The van der Waals surface area contributed by atoms with E-state index in [2.05, 4.69) is 10.2 Å². The van der Waals surface area contributed by atoms with Crippen molar-refractivity contribution in [3.8, 4) is 0 Å².